The number of nitro benzene ring substituents is 2. The molecular weight excluding hydrogens is 396 g/mol. The normalized spacial score (nSPS) is 10.4. The fourth-order valence-corrected chi connectivity index (χ4v) is 2.34. The van der Waals surface area contributed by atoms with E-state index >= 15 is 0 Å². The molecule has 0 aromatic heterocycles. The second kappa shape index (κ2) is 8.83. The van der Waals surface area contributed by atoms with Crippen LogP contribution in [0.2, 0.25) is 5.02 Å². The molecule has 27 heavy (non-hydrogen) atoms. The van der Waals surface area contributed by atoms with Gasteiger partial charge in [0.1, 0.15) is 0 Å². The van der Waals surface area contributed by atoms with Crippen molar-refractivity contribution in [3.05, 3.63) is 79.4 Å². The minimum atomic E-state index is -0.585. The summed E-state index contributed by atoms with van der Waals surface area (Å²) in [6.07, 6.45) is 2.66. The van der Waals surface area contributed by atoms with Crippen LogP contribution in [0.5, 0.6) is 0 Å². The van der Waals surface area contributed by atoms with E-state index in [1.165, 1.54) is 48.6 Å². The van der Waals surface area contributed by atoms with Crippen molar-refractivity contribution >= 4 is 58.0 Å². The molecule has 0 unspecified atom stereocenters. The zero-order valence-corrected chi connectivity index (χ0v) is 15.0. The lowest BCUT2D eigenvalue weighted by atomic mass is 10.2. The molecule has 0 atom stereocenters. The lowest BCUT2D eigenvalue weighted by Crippen LogP contribution is -2.32. The van der Waals surface area contributed by atoms with Crippen LogP contribution in [0.1, 0.15) is 5.56 Å². The molecule has 2 rings (SSSR count). The number of hydrogen-bond acceptors (Lipinski definition) is 6. The van der Waals surface area contributed by atoms with Crippen LogP contribution < -0.4 is 10.6 Å². The predicted molar refractivity (Wildman–Crippen MR) is 105 cm³/mol. The Bertz CT molecular complexity index is 946. The number of carbonyl (C=O) groups is 1. The number of thiocarbonyl (C=S) groups is 1. The van der Waals surface area contributed by atoms with E-state index in [0.29, 0.717) is 11.3 Å². The molecule has 138 valence electrons. The van der Waals surface area contributed by atoms with E-state index in [2.05, 4.69) is 10.6 Å². The average molecular weight is 407 g/mol. The minimum Gasteiger partial charge on any atom is -0.331 e. The van der Waals surface area contributed by atoms with Gasteiger partial charge in [0.05, 0.1) is 20.6 Å². The number of carbonyl (C=O) groups excluding carboxylic acids is 1. The van der Waals surface area contributed by atoms with Crippen LogP contribution in [-0.4, -0.2) is 20.9 Å². The highest BCUT2D eigenvalue weighted by atomic mass is 35.5. The van der Waals surface area contributed by atoms with Crippen molar-refractivity contribution in [3.8, 4) is 0 Å². The maximum absolute atomic E-state index is 11.9. The summed E-state index contributed by atoms with van der Waals surface area (Å²) < 4.78 is 0. The van der Waals surface area contributed by atoms with Crippen LogP contribution in [0.3, 0.4) is 0 Å². The smallest absolute Gasteiger partial charge is 0.271 e. The first-order valence-electron chi connectivity index (χ1n) is 7.24. The molecule has 1 amide bonds. The standard InChI is InChI=1S/C16H11ClN4O5S/c17-13-9-12(21(25)26)6-7-14(13)18-16(27)19-15(22)8-3-10-1-4-11(5-2-10)20(23)24/h1-9H,(H2,18,19,22,27)/b8-3+. The number of nitrogens with zero attached hydrogens (tertiary/aromatic N) is 2. The van der Waals surface area contributed by atoms with Crippen molar-refractivity contribution in [3.63, 3.8) is 0 Å². The van der Waals surface area contributed by atoms with Gasteiger partial charge in [0, 0.05) is 30.3 Å². The molecule has 0 aliphatic carbocycles. The Kier molecular flexibility index (Phi) is 6.52. The van der Waals surface area contributed by atoms with Crippen LogP contribution in [0, 0.1) is 20.2 Å². The lowest BCUT2D eigenvalue weighted by Gasteiger charge is -2.09. The van der Waals surface area contributed by atoms with Crippen molar-refractivity contribution in [2.75, 3.05) is 5.32 Å². The largest absolute Gasteiger partial charge is 0.331 e. The zero-order chi connectivity index (χ0) is 20.0. The highest BCUT2D eigenvalue weighted by Gasteiger charge is 2.11. The summed E-state index contributed by atoms with van der Waals surface area (Å²) in [5.74, 6) is -0.538. The molecule has 0 saturated heterocycles. The molecule has 0 aliphatic heterocycles. The van der Waals surface area contributed by atoms with Gasteiger partial charge in [-0.2, -0.15) is 0 Å². The molecule has 9 nitrogen and oxygen atoms in total. The number of amides is 1. The van der Waals surface area contributed by atoms with Crippen molar-refractivity contribution in [2.24, 2.45) is 0 Å². The molecule has 0 radical (unpaired) electrons. The number of halogens is 1. The summed E-state index contributed by atoms with van der Waals surface area (Å²) >= 11 is 10.9. The van der Waals surface area contributed by atoms with Gasteiger partial charge in [-0.1, -0.05) is 11.6 Å². The van der Waals surface area contributed by atoms with Crippen LogP contribution in [0.15, 0.2) is 48.5 Å². The number of nitro groups is 2. The van der Waals surface area contributed by atoms with Crippen LogP contribution >= 0.6 is 23.8 Å². The number of non-ortho nitro benzene ring substituents is 2. The molecular formula is C16H11ClN4O5S. The van der Waals surface area contributed by atoms with Gasteiger partial charge < -0.3 is 5.32 Å². The molecule has 0 spiro atoms. The van der Waals surface area contributed by atoms with Gasteiger partial charge in [0.15, 0.2) is 5.11 Å². The van der Waals surface area contributed by atoms with E-state index in [0.717, 1.165) is 6.07 Å². The highest BCUT2D eigenvalue weighted by molar-refractivity contribution is 7.80. The highest BCUT2D eigenvalue weighted by Crippen LogP contribution is 2.26. The third-order valence-corrected chi connectivity index (χ3v) is 3.70. The number of anilines is 1. The summed E-state index contributed by atoms with van der Waals surface area (Å²) in [6.45, 7) is 0. The molecule has 0 aliphatic rings. The minimum absolute atomic E-state index is 0.0518. The quantitative estimate of drug-likeness (QED) is 0.335. The molecule has 2 aromatic carbocycles. The average Bonchev–Trinajstić information content (AvgIpc) is 2.61. The summed E-state index contributed by atoms with van der Waals surface area (Å²) in [5, 5.41) is 26.3. The summed E-state index contributed by atoms with van der Waals surface area (Å²) in [5.41, 5.74) is 0.661. The van der Waals surface area contributed by atoms with E-state index in [1.54, 1.807) is 0 Å². The van der Waals surface area contributed by atoms with Crippen LogP contribution in [-0.2, 0) is 4.79 Å². The molecule has 0 fully saturated rings. The lowest BCUT2D eigenvalue weighted by molar-refractivity contribution is -0.385. The fourth-order valence-electron chi connectivity index (χ4n) is 1.91. The first-order chi connectivity index (χ1) is 12.8. The topological polar surface area (TPSA) is 127 Å². The van der Waals surface area contributed by atoms with Crippen molar-refractivity contribution in [1.82, 2.24) is 5.32 Å². The van der Waals surface area contributed by atoms with Gasteiger partial charge in [-0.05, 0) is 42.1 Å². The van der Waals surface area contributed by atoms with E-state index in [9.17, 15) is 25.0 Å². The Morgan fingerprint density at radius 3 is 2.19 bits per heavy atom. The molecule has 2 aromatic rings. The Balaban J connectivity index is 1.94. The number of hydrogen-bond donors (Lipinski definition) is 2. The maximum atomic E-state index is 11.9. The van der Waals surface area contributed by atoms with Crippen LogP contribution in [0.4, 0.5) is 17.1 Å². The molecule has 0 heterocycles. The Morgan fingerprint density at radius 2 is 1.63 bits per heavy atom. The molecule has 0 saturated carbocycles. The fraction of sp³-hybridized carbons (Fsp3) is 0. The third-order valence-electron chi connectivity index (χ3n) is 3.18. The summed E-state index contributed by atoms with van der Waals surface area (Å²) in [7, 11) is 0. The first-order valence-corrected chi connectivity index (χ1v) is 8.03. The van der Waals surface area contributed by atoms with Crippen LogP contribution in [0.25, 0.3) is 6.08 Å². The van der Waals surface area contributed by atoms with Crippen molar-refractivity contribution < 1.29 is 14.6 Å². The number of benzene rings is 2. The molecule has 0 bridgehead atoms. The van der Waals surface area contributed by atoms with Crippen molar-refractivity contribution in [1.29, 1.82) is 0 Å². The van der Waals surface area contributed by atoms with Gasteiger partial charge in [-0.15, -0.1) is 0 Å². The van der Waals surface area contributed by atoms with E-state index in [1.807, 2.05) is 0 Å². The predicted octanol–water partition coefficient (Wildman–Crippen LogP) is 3.68. The first kappa shape index (κ1) is 19.9. The third kappa shape index (κ3) is 5.83. The SMILES string of the molecule is O=C(/C=C/c1ccc([N+](=O)[O-])cc1)NC(=S)Nc1ccc([N+](=O)[O-])cc1Cl. The second-order valence-electron chi connectivity index (χ2n) is 5.05. The van der Waals surface area contributed by atoms with Gasteiger partial charge >= 0.3 is 0 Å². The zero-order valence-electron chi connectivity index (χ0n) is 13.4. The maximum Gasteiger partial charge on any atom is 0.271 e. The number of rotatable bonds is 5. The number of nitrogens with one attached hydrogen (secondary N) is 2. The van der Waals surface area contributed by atoms with Gasteiger partial charge in [0.2, 0.25) is 5.91 Å². The van der Waals surface area contributed by atoms with Gasteiger partial charge in [0.25, 0.3) is 11.4 Å². The van der Waals surface area contributed by atoms with Gasteiger partial charge in [-0.25, -0.2) is 0 Å². The van der Waals surface area contributed by atoms with Gasteiger partial charge in [-0.3, -0.25) is 30.3 Å². The molecule has 11 heteroatoms. The van der Waals surface area contributed by atoms with E-state index < -0.39 is 15.8 Å². The summed E-state index contributed by atoms with van der Waals surface area (Å²) in [6, 6.07) is 9.40. The Hall–Kier alpha value is -3.37. The van der Waals surface area contributed by atoms with Crippen molar-refractivity contribution in [2.45, 2.75) is 0 Å². The van der Waals surface area contributed by atoms with E-state index in [4.69, 9.17) is 23.8 Å². The van der Waals surface area contributed by atoms with E-state index in [-0.39, 0.29) is 21.5 Å². The monoisotopic (exact) mass is 406 g/mol. The second-order valence-corrected chi connectivity index (χ2v) is 5.86. The Morgan fingerprint density at radius 1 is 1.04 bits per heavy atom. The Labute approximate surface area is 162 Å². The summed E-state index contributed by atoms with van der Waals surface area (Å²) in [4.78, 5) is 32.0. The molecule has 2 N–H and O–H groups in total.